The van der Waals surface area contributed by atoms with Crippen molar-refractivity contribution in [3.05, 3.63) is 41.5 Å². The van der Waals surface area contributed by atoms with E-state index in [0.29, 0.717) is 5.92 Å². The van der Waals surface area contributed by atoms with E-state index in [1.165, 1.54) is 16.7 Å². The summed E-state index contributed by atoms with van der Waals surface area (Å²) < 4.78 is 5.88. The molecule has 0 spiro atoms. The van der Waals surface area contributed by atoms with E-state index < -0.39 is 0 Å². The third kappa shape index (κ3) is 5.07. The summed E-state index contributed by atoms with van der Waals surface area (Å²) in [6.07, 6.45) is 1.86. The zero-order valence-corrected chi connectivity index (χ0v) is 12.9. The number of aryl methyl sites for hydroxylation is 2. The fourth-order valence-electron chi connectivity index (χ4n) is 2.07. The second-order valence-electron chi connectivity index (χ2n) is 5.64. The van der Waals surface area contributed by atoms with Crippen LogP contribution in [0, 0.1) is 19.8 Å². The van der Waals surface area contributed by atoms with Gasteiger partial charge in [0.05, 0.1) is 0 Å². The molecule has 0 aliphatic rings. The van der Waals surface area contributed by atoms with Crippen molar-refractivity contribution < 1.29 is 4.74 Å². The van der Waals surface area contributed by atoms with Gasteiger partial charge in [0, 0.05) is 6.54 Å². The number of ether oxygens (including phenoxy) is 1. The zero-order chi connectivity index (χ0) is 14.4. The number of hydrogen-bond acceptors (Lipinski definition) is 2. The first-order valence-corrected chi connectivity index (χ1v) is 7.04. The molecule has 1 unspecified atom stereocenters. The van der Waals surface area contributed by atoms with Crippen LogP contribution in [0.5, 0.6) is 5.75 Å². The molecule has 1 aromatic carbocycles. The van der Waals surface area contributed by atoms with Gasteiger partial charge in [0.2, 0.25) is 0 Å². The molecule has 0 heterocycles. The topological polar surface area (TPSA) is 21.3 Å². The van der Waals surface area contributed by atoms with Crippen molar-refractivity contribution in [1.82, 2.24) is 5.32 Å². The Morgan fingerprint density at radius 1 is 1.21 bits per heavy atom. The van der Waals surface area contributed by atoms with E-state index in [1.54, 1.807) is 0 Å². The third-order valence-corrected chi connectivity index (χ3v) is 3.04. The van der Waals surface area contributed by atoms with Crippen molar-refractivity contribution in [2.75, 3.05) is 6.54 Å². The van der Waals surface area contributed by atoms with Crippen LogP contribution in [0.2, 0.25) is 0 Å². The van der Waals surface area contributed by atoms with E-state index in [1.807, 2.05) is 13.0 Å². The van der Waals surface area contributed by atoms with Crippen molar-refractivity contribution >= 4 is 0 Å². The monoisotopic (exact) mass is 261 g/mol. The minimum Gasteiger partial charge on any atom is -0.486 e. The molecule has 0 fully saturated rings. The van der Waals surface area contributed by atoms with Crippen LogP contribution in [-0.2, 0) is 6.54 Å². The fourth-order valence-corrected chi connectivity index (χ4v) is 2.07. The molecule has 2 nitrogen and oxygen atoms in total. The van der Waals surface area contributed by atoms with Crippen LogP contribution in [0.15, 0.2) is 24.8 Å². The molecule has 0 radical (unpaired) electrons. The number of hydrogen-bond donors (Lipinski definition) is 1. The summed E-state index contributed by atoms with van der Waals surface area (Å²) in [6, 6.07) is 4.40. The highest BCUT2D eigenvalue weighted by Crippen LogP contribution is 2.26. The first-order valence-electron chi connectivity index (χ1n) is 7.04. The van der Waals surface area contributed by atoms with Crippen molar-refractivity contribution in [1.29, 1.82) is 0 Å². The van der Waals surface area contributed by atoms with Gasteiger partial charge in [-0.05, 0) is 49.9 Å². The van der Waals surface area contributed by atoms with Crippen LogP contribution < -0.4 is 10.1 Å². The molecule has 106 valence electrons. The lowest BCUT2D eigenvalue weighted by atomic mass is 10.1. The van der Waals surface area contributed by atoms with Gasteiger partial charge in [-0.15, -0.1) is 0 Å². The highest BCUT2D eigenvalue weighted by atomic mass is 16.5. The number of rotatable bonds is 7. The van der Waals surface area contributed by atoms with Crippen molar-refractivity contribution in [3.8, 4) is 5.75 Å². The van der Waals surface area contributed by atoms with Crippen LogP contribution in [0.4, 0.5) is 0 Å². The van der Waals surface area contributed by atoms with E-state index in [9.17, 15) is 0 Å². The Kier molecular flexibility index (Phi) is 6.10. The predicted octanol–water partition coefficient (Wildman–Crippen LogP) is 4.00. The highest BCUT2D eigenvalue weighted by Gasteiger charge is 2.08. The molecule has 1 aromatic rings. The molecule has 0 amide bonds. The normalized spacial score (nSPS) is 12.5. The minimum absolute atomic E-state index is 0.0438. The quantitative estimate of drug-likeness (QED) is 0.749. The van der Waals surface area contributed by atoms with Crippen LogP contribution in [0.3, 0.4) is 0 Å². The van der Waals surface area contributed by atoms with Crippen LogP contribution in [0.1, 0.15) is 37.5 Å². The second-order valence-corrected chi connectivity index (χ2v) is 5.64. The first kappa shape index (κ1) is 15.8. The Bertz CT molecular complexity index is 400. The summed E-state index contributed by atoms with van der Waals surface area (Å²) >= 11 is 0. The summed E-state index contributed by atoms with van der Waals surface area (Å²) in [7, 11) is 0. The van der Waals surface area contributed by atoms with Gasteiger partial charge < -0.3 is 10.1 Å². The van der Waals surface area contributed by atoms with Crippen molar-refractivity contribution in [3.63, 3.8) is 0 Å². The zero-order valence-electron chi connectivity index (χ0n) is 12.9. The van der Waals surface area contributed by atoms with Gasteiger partial charge in [0.25, 0.3) is 0 Å². The molecule has 1 rings (SSSR count). The Morgan fingerprint density at radius 2 is 1.79 bits per heavy atom. The molecule has 2 heteroatoms. The largest absolute Gasteiger partial charge is 0.486 e. The molecular formula is C17H27NO. The SMILES string of the molecule is C=CC(C)Oc1c(C)cc(CNCC(C)C)cc1C. The van der Waals surface area contributed by atoms with E-state index in [0.717, 1.165) is 18.8 Å². The molecule has 1 atom stereocenters. The average molecular weight is 261 g/mol. The second kappa shape index (κ2) is 7.34. The van der Waals surface area contributed by atoms with Gasteiger partial charge >= 0.3 is 0 Å². The van der Waals surface area contributed by atoms with E-state index in [4.69, 9.17) is 4.74 Å². The number of benzene rings is 1. The summed E-state index contributed by atoms with van der Waals surface area (Å²) in [5, 5.41) is 3.47. The standard InChI is InChI=1S/C17H27NO/c1-7-15(6)19-17-13(4)8-16(9-14(17)5)11-18-10-12(2)3/h7-9,12,15,18H,1,10-11H2,2-6H3. The molecule has 0 saturated carbocycles. The fraction of sp³-hybridized carbons (Fsp3) is 0.529. The molecule has 0 aliphatic heterocycles. The molecular weight excluding hydrogens is 234 g/mol. The smallest absolute Gasteiger partial charge is 0.126 e. The predicted molar refractivity (Wildman–Crippen MR) is 82.7 cm³/mol. The van der Waals surface area contributed by atoms with E-state index >= 15 is 0 Å². The maximum Gasteiger partial charge on any atom is 0.126 e. The van der Waals surface area contributed by atoms with Gasteiger partial charge in [-0.2, -0.15) is 0 Å². The molecule has 0 bridgehead atoms. The highest BCUT2D eigenvalue weighted by molar-refractivity contribution is 5.43. The van der Waals surface area contributed by atoms with Gasteiger partial charge in [-0.25, -0.2) is 0 Å². The summed E-state index contributed by atoms with van der Waals surface area (Å²) in [6.45, 7) is 16.4. The lowest BCUT2D eigenvalue weighted by molar-refractivity contribution is 0.266. The Balaban J connectivity index is 2.76. The number of nitrogens with one attached hydrogen (secondary N) is 1. The maximum absolute atomic E-state index is 5.88. The van der Waals surface area contributed by atoms with Crippen LogP contribution in [-0.4, -0.2) is 12.6 Å². The molecule has 0 aliphatic carbocycles. The summed E-state index contributed by atoms with van der Waals surface area (Å²) in [5.74, 6) is 1.67. The van der Waals surface area contributed by atoms with Crippen molar-refractivity contribution in [2.24, 2.45) is 5.92 Å². The van der Waals surface area contributed by atoms with Crippen LogP contribution >= 0.6 is 0 Å². The third-order valence-electron chi connectivity index (χ3n) is 3.04. The Labute approximate surface area is 117 Å². The molecule has 0 aromatic heterocycles. The van der Waals surface area contributed by atoms with E-state index in [-0.39, 0.29) is 6.10 Å². The lowest BCUT2D eigenvalue weighted by Crippen LogP contribution is -2.19. The van der Waals surface area contributed by atoms with Gasteiger partial charge in [-0.1, -0.05) is 38.6 Å². The van der Waals surface area contributed by atoms with Gasteiger partial charge in [0.15, 0.2) is 0 Å². The van der Waals surface area contributed by atoms with Gasteiger partial charge in [0.1, 0.15) is 11.9 Å². The average Bonchev–Trinajstić information content (AvgIpc) is 2.33. The van der Waals surface area contributed by atoms with Crippen LogP contribution in [0.25, 0.3) is 0 Å². The lowest BCUT2D eigenvalue weighted by Gasteiger charge is -2.17. The molecule has 1 N–H and O–H groups in total. The maximum atomic E-state index is 5.88. The first-order chi connectivity index (χ1) is 8.93. The van der Waals surface area contributed by atoms with Crippen molar-refractivity contribution in [2.45, 2.75) is 47.3 Å². The van der Waals surface area contributed by atoms with Gasteiger partial charge in [-0.3, -0.25) is 0 Å². The Morgan fingerprint density at radius 3 is 2.26 bits per heavy atom. The molecule has 19 heavy (non-hydrogen) atoms. The van der Waals surface area contributed by atoms with E-state index in [2.05, 4.69) is 51.7 Å². The molecule has 0 saturated heterocycles. The minimum atomic E-state index is 0.0438. The Hall–Kier alpha value is -1.28. The summed E-state index contributed by atoms with van der Waals surface area (Å²) in [5.41, 5.74) is 3.69. The summed E-state index contributed by atoms with van der Waals surface area (Å²) in [4.78, 5) is 0.